The van der Waals surface area contributed by atoms with Crippen LogP contribution in [0, 0.1) is 11.3 Å². The first-order valence-electron chi connectivity index (χ1n) is 17.6. The van der Waals surface area contributed by atoms with E-state index in [-0.39, 0.29) is 23.0 Å². The number of pyridine rings is 1. The Bertz CT molecular complexity index is 1260. The number of nitriles is 1. The van der Waals surface area contributed by atoms with Gasteiger partial charge in [-0.05, 0) is 56.4 Å². The fraction of sp³-hybridized carbons (Fsp3) is 0.649. The lowest BCUT2D eigenvalue weighted by Gasteiger charge is -2.23. The molecule has 2 rings (SSSR count). The first-order chi connectivity index (χ1) is 21.9. The molecule has 2 aromatic rings. The lowest BCUT2D eigenvalue weighted by Crippen LogP contribution is -2.33. The van der Waals surface area contributed by atoms with Crippen molar-refractivity contribution in [3.63, 3.8) is 0 Å². The first kappa shape index (κ1) is 37.7. The Balaban J connectivity index is 2.25. The number of aromatic nitrogens is 1. The van der Waals surface area contributed by atoms with Crippen molar-refractivity contribution >= 4 is 17.3 Å². The van der Waals surface area contributed by atoms with Crippen molar-refractivity contribution in [3.8, 4) is 11.9 Å². The highest BCUT2D eigenvalue weighted by molar-refractivity contribution is 5.94. The maximum Gasteiger partial charge on any atom is 0.271 e. The third-order valence-corrected chi connectivity index (χ3v) is 8.37. The summed E-state index contributed by atoms with van der Waals surface area (Å²) in [4.78, 5) is 28.6. The van der Waals surface area contributed by atoms with Crippen LogP contribution in [0.4, 0.5) is 11.4 Å². The second-order valence-corrected chi connectivity index (χ2v) is 12.1. The molecule has 0 fully saturated rings. The van der Waals surface area contributed by atoms with E-state index in [0.717, 1.165) is 58.0 Å². The van der Waals surface area contributed by atoms with Crippen molar-refractivity contribution in [3.05, 3.63) is 51.3 Å². The smallest absolute Gasteiger partial charge is 0.271 e. The van der Waals surface area contributed by atoms with Crippen molar-refractivity contribution in [2.24, 2.45) is 10.2 Å². The molecule has 1 heterocycles. The van der Waals surface area contributed by atoms with Gasteiger partial charge in [0.2, 0.25) is 5.88 Å². The predicted molar refractivity (Wildman–Crippen MR) is 184 cm³/mol. The number of nitrogens with zero attached hydrogens (tertiary/aromatic N) is 5. The van der Waals surface area contributed by atoms with E-state index in [9.17, 15) is 20.0 Å². The second-order valence-electron chi connectivity index (χ2n) is 12.1. The molecule has 0 unspecified atom stereocenters. The van der Waals surface area contributed by atoms with Crippen molar-refractivity contribution in [1.82, 2.24) is 9.47 Å². The van der Waals surface area contributed by atoms with Crippen LogP contribution in [0.2, 0.25) is 0 Å². The number of carbonyl (C=O) groups is 1. The molecule has 0 aliphatic rings. The number of rotatable bonds is 23. The summed E-state index contributed by atoms with van der Waals surface area (Å²) in [6, 6.07) is 9.13. The van der Waals surface area contributed by atoms with Gasteiger partial charge in [-0.2, -0.15) is 10.4 Å². The highest BCUT2D eigenvalue weighted by atomic mass is 16.3. The Morgan fingerprint density at radius 3 is 1.84 bits per heavy atom. The van der Waals surface area contributed by atoms with Crippen LogP contribution >= 0.6 is 0 Å². The Kier molecular flexibility index (Phi) is 18.5. The molecular formula is C37H57N5O3. The molecule has 0 aliphatic heterocycles. The van der Waals surface area contributed by atoms with Crippen LogP contribution in [-0.2, 0) is 13.0 Å². The number of amides is 1. The molecule has 0 aliphatic carbocycles. The maximum absolute atomic E-state index is 13.6. The van der Waals surface area contributed by atoms with Gasteiger partial charge in [-0.25, -0.2) is 0 Å². The number of carbonyl (C=O) groups excluding carboxylic acids is 1. The Morgan fingerprint density at radius 2 is 1.31 bits per heavy atom. The van der Waals surface area contributed by atoms with Gasteiger partial charge in [-0.1, -0.05) is 105 Å². The molecule has 1 aromatic carbocycles. The summed E-state index contributed by atoms with van der Waals surface area (Å²) in [5.74, 6) is -0.212. The van der Waals surface area contributed by atoms with Crippen LogP contribution in [0.5, 0.6) is 5.88 Å². The van der Waals surface area contributed by atoms with E-state index >= 15 is 0 Å². The van der Waals surface area contributed by atoms with Crippen molar-refractivity contribution < 1.29 is 9.90 Å². The first-order valence-corrected chi connectivity index (χ1v) is 17.6. The molecule has 248 valence electrons. The van der Waals surface area contributed by atoms with Crippen LogP contribution in [-0.4, -0.2) is 33.6 Å². The number of hydrogen-bond acceptors (Lipinski definition) is 6. The average molecular weight is 620 g/mol. The van der Waals surface area contributed by atoms with Gasteiger partial charge in [-0.15, -0.1) is 5.11 Å². The molecule has 8 nitrogen and oxygen atoms in total. The van der Waals surface area contributed by atoms with Crippen LogP contribution in [0.1, 0.15) is 152 Å². The molecule has 45 heavy (non-hydrogen) atoms. The fourth-order valence-electron chi connectivity index (χ4n) is 5.52. The van der Waals surface area contributed by atoms with Gasteiger partial charge >= 0.3 is 0 Å². The Labute approximate surface area is 271 Å². The SMILES string of the molecule is CCCCCCCCN(CCCCCCCC)C(=O)c1ccc(/N=N/c2c(CCCC)c(C#N)c(=O)n(CCCC)c2O)cc1. The standard InChI is InChI=1S/C37H57N5O3/c1-5-9-13-15-17-19-26-41(27-20-18-16-14-10-6-2)35(43)30-22-24-31(25-23-30)39-40-34-32(21-11-7-3)33(29-38)36(44)42(37(34)45)28-12-8-4/h22-25,45H,5-21,26-28H2,1-4H3/b40-39+. The van der Waals surface area contributed by atoms with Gasteiger partial charge in [0.15, 0.2) is 5.69 Å². The summed E-state index contributed by atoms with van der Waals surface area (Å²) in [6.07, 6.45) is 17.9. The average Bonchev–Trinajstić information content (AvgIpc) is 3.05. The molecular weight excluding hydrogens is 562 g/mol. The summed E-state index contributed by atoms with van der Waals surface area (Å²) in [5.41, 5.74) is 1.28. The summed E-state index contributed by atoms with van der Waals surface area (Å²) in [5, 5.41) is 29.6. The van der Waals surface area contributed by atoms with Gasteiger partial charge in [0, 0.05) is 30.8 Å². The lowest BCUT2D eigenvalue weighted by molar-refractivity contribution is 0.0749. The topological polar surface area (TPSA) is 111 Å². The number of benzene rings is 1. The molecule has 1 N–H and O–H groups in total. The summed E-state index contributed by atoms with van der Waals surface area (Å²) in [7, 11) is 0. The van der Waals surface area contributed by atoms with Crippen LogP contribution < -0.4 is 5.56 Å². The van der Waals surface area contributed by atoms with Gasteiger partial charge in [0.25, 0.3) is 11.5 Å². The normalized spacial score (nSPS) is 11.3. The molecule has 0 bridgehead atoms. The van der Waals surface area contributed by atoms with Gasteiger partial charge in [0.05, 0.1) is 5.69 Å². The quantitative estimate of drug-likeness (QED) is 0.0985. The lowest BCUT2D eigenvalue weighted by atomic mass is 10.0. The van der Waals surface area contributed by atoms with Crippen LogP contribution in [0.3, 0.4) is 0 Å². The van der Waals surface area contributed by atoms with Crippen LogP contribution in [0.25, 0.3) is 0 Å². The summed E-state index contributed by atoms with van der Waals surface area (Å²) in [6.45, 7) is 10.3. The molecule has 0 atom stereocenters. The number of hydrogen-bond donors (Lipinski definition) is 1. The zero-order valence-corrected chi connectivity index (χ0v) is 28.5. The molecule has 8 heteroatoms. The van der Waals surface area contributed by atoms with Gasteiger partial charge in [0.1, 0.15) is 11.6 Å². The molecule has 0 spiro atoms. The van der Waals surface area contributed by atoms with Gasteiger partial charge in [-0.3, -0.25) is 14.2 Å². The molecule has 1 aromatic heterocycles. The molecule has 0 saturated heterocycles. The summed E-state index contributed by atoms with van der Waals surface area (Å²) < 4.78 is 1.23. The Morgan fingerprint density at radius 1 is 0.778 bits per heavy atom. The van der Waals surface area contributed by atoms with Crippen molar-refractivity contribution in [2.75, 3.05) is 13.1 Å². The van der Waals surface area contributed by atoms with Crippen molar-refractivity contribution in [1.29, 1.82) is 5.26 Å². The minimum atomic E-state index is -0.483. The van der Waals surface area contributed by atoms with Crippen LogP contribution in [0.15, 0.2) is 39.3 Å². The third-order valence-electron chi connectivity index (χ3n) is 8.37. The fourth-order valence-corrected chi connectivity index (χ4v) is 5.52. The minimum absolute atomic E-state index is 0.0167. The zero-order valence-electron chi connectivity index (χ0n) is 28.5. The molecule has 1 amide bonds. The van der Waals surface area contributed by atoms with Crippen molar-refractivity contribution in [2.45, 2.75) is 143 Å². The van der Waals surface area contributed by atoms with E-state index in [1.807, 2.05) is 18.7 Å². The monoisotopic (exact) mass is 619 g/mol. The summed E-state index contributed by atoms with van der Waals surface area (Å²) >= 11 is 0. The highest BCUT2D eigenvalue weighted by Gasteiger charge is 2.22. The minimum Gasteiger partial charge on any atom is -0.493 e. The largest absolute Gasteiger partial charge is 0.493 e. The number of azo groups is 1. The third kappa shape index (κ3) is 12.4. The highest BCUT2D eigenvalue weighted by Crippen LogP contribution is 2.34. The Hall–Kier alpha value is -3.47. The van der Waals surface area contributed by atoms with E-state index in [0.29, 0.717) is 36.2 Å². The van der Waals surface area contributed by atoms with E-state index < -0.39 is 5.56 Å². The number of unbranched alkanes of at least 4 members (excludes halogenated alkanes) is 12. The molecule has 0 radical (unpaired) electrons. The second kappa shape index (κ2) is 22.1. The van der Waals surface area contributed by atoms with E-state index in [2.05, 4.69) is 30.1 Å². The van der Waals surface area contributed by atoms with E-state index in [1.165, 1.54) is 55.9 Å². The zero-order chi connectivity index (χ0) is 32.9. The van der Waals surface area contributed by atoms with Gasteiger partial charge < -0.3 is 10.0 Å². The van der Waals surface area contributed by atoms with E-state index in [1.54, 1.807) is 24.3 Å². The molecule has 0 saturated carbocycles. The maximum atomic E-state index is 13.6. The van der Waals surface area contributed by atoms with E-state index in [4.69, 9.17) is 0 Å². The predicted octanol–water partition coefficient (Wildman–Crippen LogP) is 10.1. The number of aromatic hydroxyl groups is 1.